The van der Waals surface area contributed by atoms with E-state index in [2.05, 4.69) is 33.8 Å². The van der Waals surface area contributed by atoms with Crippen molar-refractivity contribution in [3.8, 4) is 0 Å². The van der Waals surface area contributed by atoms with Gasteiger partial charge in [0.2, 0.25) is 0 Å². The Morgan fingerprint density at radius 2 is 2.25 bits per heavy atom. The highest BCUT2D eigenvalue weighted by Crippen LogP contribution is 2.19. The molecular formula is C11H21N5. The molecule has 16 heavy (non-hydrogen) atoms. The van der Waals surface area contributed by atoms with Crippen molar-refractivity contribution in [2.24, 2.45) is 11.7 Å². The van der Waals surface area contributed by atoms with Gasteiger partial charge in [-0.2, -0.15) is 0 Å². The summed E-state index contributed by atoms with van der Waals surface area (Å²) >= 11 is 0. The lowest BCUT2D eigenvalue weighted by atomic mass is 9.98. The topological polar surface area (TPSA) is 60.0 Å². The maximum Gasteiger partial charge on any atom is 0.134 e. The molecule has 0 radical (unpaired) electrons. The zero-order valence-electron chi connectivity index (χ0n) is 10.2. The molecule has 2 rings (SSSR count). The smallest absolute Gasteiger partial charge is 0.134 e. The van der Waals surface area contributed by atoms with Crippen LogP contribution in [0.2, 0.25) is 0 Å². The second-order valence-corrected chi connectivity index (χ2v) is 4.83. The largest absolute Gasteiger partial charge is 0.330 e. The van der Waals surface area contributed by atoms with E-state index >= 15 is 0 Å². The van der Waals surface area contributed by atoms with Crippen LogP contribution in [0, 0.1) is 5.92 Å². The van der Waals surface area contributed by atoms with Crippen molar-refractivity contribution < 1.29 is 0 Å². The third-order valence-corrected chi connectivity index (χ3v) is 3.25. The molecular weight excluding hydrogens is 202 g/mol. The average Bonchev–Trinajstić information content (AvgIpc) is 2.68. The highest BCUT2D eigenvalue weighted by molar-refractivity contribution is 5.01. The molecule has 90 valence electrons. The van der Waals surface area contributed by atoms with Crippen LogP contribution in [0.4, 0.5) is 0 Å². The van der Waals surface area contributed by atoms with Gasteiger partial charge in [0.05, 0.1) is 0 Å². The molecule has 2 N–H and O–H groups in total. The predicted molar refractivity (Wildman–Crippen MR) is 63.1 cm³/mol. The van der Waals surface area contributed by atoms with Gasteiger partial charge in [-0.3, -0.25) is 0 Å². The number of nitrogens with two attached hydrogens (primary N) is 1. The van der Waals surface area contributed by atoms with Gasteiger partial charge in [0, 0.05) is 25.9 Å². The fourth-order valence-corrected chi connectivity index (χ4v) is 2.16. The van der Waals surface area contributed by atoms with Gasteiger partial charge >= 0.3 is 0 Å². The van der Waals surface area contributed by atoms with E-state index in [0.29, 0.717) is 5.92 Å². The molecule has 0 aromatic carbocycles. The number of rotatable bonds is 4. The van der Waals surface area contributed by atoms with Crippen molar-refractivity contribution in [3.63, 3.8) is 0 Å². The molecule has 1 aliphatic rings. The Hall–Kier alpha value is -0.940. The summed E-state index contributed by atoms with van der Waals surface area (Å²) < 4.78 is 2.27. The molecule has 1 unspecified atom stereocenters. The summed E-state index contributed by atoms with van der Waals surface area (Å²) in [5.74, 6) is 2.84. The van der Waals surface area contributed by atoms with Crippen LogP contribution in [0.5, 0.6) is 0 Å². The lowest BCUT2D eigenvalue weighted by Crippen LogP contribution is -2.27. The van der Waals surface area contributed by atoms with E-state index in [9.17, 15) is 0 Å². The van der Waals surface area contributed by atoms with Crippen LogP contribution in [0.15, 0.2) is 0 Å². The summed E-state index contributed by atoms with van der Waals surface area (Å²) in [6, 6.07) is 0. The first-order valence-corrected chi connectivity index (χ1v) is 5.96. The molecule has 0 saturated heterocycles. The van der Waals surface area contributed by atoms with Crippen molar-refractivity contribution in [2.75, 3.05) is 27.2 Å². The zero-order chi connectivity index (χ0) is 11.5. The summed E-state index contributed by atoms with van der Waals surface area (Å²) in [4.78, 5) is 2.17. The van der Waals surface area contributed by atoms with Crippen LogP contribution in [0.1, 0.15) is 18.1 Å². The lowest BCUT2D eigenvalue weighted by Gasteiger charge is -2.22. The molecule has 0 saturated carbocycles. The molecule has 1 aromatic rings. The van der Waals surface area contributed by atoms with E-state index in [0.717, 1.165) is 50.5 Å². The molecule has 1 atom stereocenters. The number of hydrogen-bond donors (Lipinski definition) is 1. The molecule has 0 fully saturated rings. The Labute approximate surface area is 96.6 Å². The van der Waals surface area contributed by atoms with Gasteiger partial charge < -0.3 is 15.2 Å². The first-order valence-electron chi connectivity index (χ1n) is 5.96. The summed E-state index contributed by atoms with van der Waals surface area (Å²) in [5, 5.41) is 8.56. The number of nitrogens with zero attached hydrogens (tertiary/aromatic N) is 4. The minimum atomic E-state index is 0.596. The second kappa shape index (κ2) is 4.93. The minimum absolute atomic E-state index is 0.596. The fourth-order valence-electron chi connectivity index (χ4n) is 2.16. The maximum atomic E-state index is 5.70. The Balaban J connectivity index is 2.04. The van der Waals surface area contributed by atoms with Crippen LogP contribution in [-0.4, -0.2) is 46.8 Å². The fraction of sp³-hybridized carbons (Fsp3) is 0.818. The minimum Gasteiger partial charge on any atom is -0.330 e. The number of fused-ring (bicyclic) bond motifs is 1. The van der Waals surface area contributed by atoms with Gasteiger partial charge in [-0.15, -0.1) is 10.2 Å². The van der Waals surface area contributed by atoms with Crippen LogP contribution in [0.3, 0.4) is 0 Å². The highest BCUT2D eigenvalue weighted by atomic mass is 15.3. The molecule has 1 aromatic heterocycles. The zero-order valence-corrected chi connectivity index (χ0v) is 10.2. The van der Waals surface area contributed by atoms with Crippen molar-refractivity contribution in [1.29, 1.82) is 0 Å². The van der Waals surface area contributed by atoms with Gasteiger partial charge in [-0.25, -0.2) is 0 Å². The number of aromatic nitrogens is 3. The van der Waals surface area contributed by atoms with Gasteiger partial charge in [-0.05, 0) is 33.0 Å². The van der Waals surface area contributed by atoms with Gasteiger partial charge in [0.25, 0.3) is 0 Å². The summed E-state index contributed by atoms with van der Waals surface area (Å²) in [7, 11) is 4.16. The normalized spacial score (nSPS) is 20.1. The molecule has 5 heteroatoms. The maximum absolute atomic E-state index is 5.70. The highest BCUT2D eigenvalue weighted by Gasteiger charge is 2.21. The number of likely N-dealkylation sites (N-methyl/N-ethyl adjacent to an activating group) is 1. The van der Waals surface area contributed by atoms with Gasteiger partial charge in [-0.1, -0.05) is 0 Å². The van der Waals surface area contributed by atoms with E-state index in [1.165, 1.54) is 0 Å². The van der Waals surface area contributed by atoms with E-state index in [1.807, 2.05) is 0 Å². The predicted octanol–water partition coefficient (Wildman–Crippen LogP) is -0.0967. The molecule has 2 heterocycles. The van der Waals surface area contributed by atoms with E-state index in [4.69, 9.17) is 5.73 Å². The van der Waals surface area contributed by atoms with Crippen molar-refractivity contribution >= 4 is 0 Å². The molecule has 5 nitrogen and oxygen atoms in total. The van der Waals surface area contributed by atoms with Gasteiger partial charge in [0.15, 0.2) is 0 Å². The molecule has 0 amide bonds. The van der Waals surface area contributed by atoms with E-state index < -0.39 is 0 Å². The van der Waals surface area contributed by atoms with E-state index in [-0.39, 0.29) is 0 Å². The monoisotopic (exact) mass is 223 g/mol. The molecule has 0 bridgehead atoms. The van der Waals surface area contributed by atoms with Gasteiger partial charge in [0.1, 0.15) is 11.6 Å². The standard InChI is InChI=1S/C11H21N5/c1-15(2)5-4-10-13-14-11-7-9(8-12)3-6-16(10)11/h9H,3-8,12H2,1-2H3. The van der Waals surface area contributed by atoms with Crippen LogP contribution in [0.25, 0.3) is 0 Å². The lowest BCUT2D eigenvalue weighted by molar-refractivity contribution is 0.372. The third-order valence-electron chi connectivity index (χ3n) is 3.25. The Kier molecular flexibility index (Phi) is 3.56. The molecule has 0 spiro atoms. The molecule has 1 aliphatic heterocycles. The van der Waals surface area contributed by atoms with Crippen molar-refractivity contribution in [1.82, 2.24) is 19.7 Å². The van der Waals surface area contributed by atoms with Crippen molar-refractivity contribution in [2.45, 2.75) is 25.8 Å². The Morgan fingerprint density at radius 3 is 2.94 bits per heavy atom. The van der Waals surface area contributed by atoms with Crippen LogP contribution in [-0.2, 0) is 19.4 Å². The quantitative estimate of drug-likeness (QED) is 0.774. The van der Waals surface area contributed by atoms with Crippen molar-refractivity contribution in [3.05, 3.63) is 11.6 Å². The summed E-state index contributed by atoms with van der Waals surface area (Å²) in [5.41, 5.74) is 5.70. The van der Waals surface area contributed by atoms with Crippen LogP contribution >= 0.6 is 0 Å². The Bertz CT molecular complexity index is 344. The SMILES string of the molecule is CN(C)CCc1nnc2n1CCC(CN)C2. The average molecular weight is 223 g/mol. The second-order valence-electron chi connectivity index (χ2n) is 4.83. The summed E-state index contributed by atoms with van der Waals surface area (Å²) in [6.07, 6.45) is 3.13. The number of hydrogen-bond acceptors (Lipinski definition) is 4. The molecule has 0 aliphatic carbocycles. The first-order chi connectivity index (χ1) is 7.70. The van der Waals surface area contributed by atoms with E-state index in [1.54, 1.807) is 0 Å². The third kappa shape index (κ3) is 2.41. The summed E-state index contributed by atoms with van der Waals surface area (Å²) in [6.45, 7) is 2.82. The first kappa shape index (κ1) is 11.5. The van der Waals surface area contributed by atoms with Crippen LogP contribution < -0.4 is 5.73 Å². The Morgan fingerprint density at radius 1 is 1.44 bits per heavy atom.